The number of likely N-dealkylation sites (tertiary alicyclic amines) is 1. The lowest BCUT2D eigenvalue weighted by Gasteiger charge is -2.26. The fourth-order valence-corrected chi connectivity index (χ4v) is 2.20. The molecule has 3 nitrogen and oxygen atoms in total. The third kappa shape index (κ3) is 2.47. The smallest absolute Gasteiger partial charge is 0.239 e. The van der Waals surface area contributed by atoms with Gasteiger partial charge in [0.05, 0.1) is 6.04 Å². The molecule has 1 aliphatic heterocycles. The summed E-state index contributed by atoms with van der Waals surface area (Å²) in [7, 11) is 0. The van der Waals surface area contributed by atoms with E-state index in [0.717, 1.165) is 38.6 Å². The summed E-state index contributed by atoms with van der Waals surface area (Å²) in [5.41, 5.74) is 5.83. The third-order valence-corrected chi connectivity index (χ3v) is 3.05. The topological polar surface area (TPSA) is 46.3 Å². The predicted molar refractivity (Wildman–Crippen MR) is 57.9 cm³/mol. The van der Waals surface area contributed by atoms with Crippen LogP contribution in [-0.4, -0.2) is 29.4 Å². The molecule has 2 unspecified atom stereocenters. The van der Waals surface area contributed by atoms with E-state index in [4.69, 9.17) is 5.73 Å². The molecule has 1 fully saturated rings. The minimum Gasteiger partial charge on any atom is -0.338 e. The second kappa shape index (κ2) is 5.35. The molecular weight excluding hydrogens is 176 g/mol. The predicted octanol–water partition coefficient (Wildman–Crippen LogP) is 1.51. The average molecular weight is 198 g/mol. The van der Waals surface area contributed by atoms with Gasteiger partial charge < -0.3 is 10.6 Å². The molecular formula is C11H22N2O. The van der Waals surface area contributed by atoms with Crippen LogP contribution in [0.3, 0.4) is 0 Å². The molecule has 1 saturated heterocycles. The molecule has 2 atom stereocenters. The maximum Gasteiger partial charge on any atom is 0.239 e. The molecule has 3 heteroatoms. The van der Waals surface area contributed by atoms with E-state index >= 15 is 0 Å². The number of amides is 1. The molecule has 0 radical (unpaired) electrons. The zero-order valence-corrected chi connectivity index (χ0v) is 9.33. The highest BCUT2D eigenvalue weighted by Gasteiger charge is 2.29. The van der Waals surface area contributed by atoms with Gasteiger partial charge in [0.25, 0.3) is 0 Å². The first-order valence-corrected chi connectivity index (χ1v) is 5.76. The van der Waals surface area contributed by atoms with Crippen LogP contribution in [0, 0.1) is 0 Å². The number of carbonyl (C=O) groups excluding carboxylic acids is 1. The van der Waals surface area contributed by atoms with Crippen LogP contribution in [-0.2, 0) is 4.79 Å². The molecule has 0 aromatic carbocycles. The summed E-state index contributed by atoms with van der Waals surface area (Å²) in [6.07, 6.45) is 5.15. The van der Waals surface area contributed by atoms with Crippen molar-refractivity contribution in [1.29, 1.82) is 0 Å². The van der Waals surface area contributed by atoms with Crippen molar-refractivity contribution < 1.29 is 4.79 Å². The van der Waals surface area contributed by atoms with Crippen LogP contribution in [0.5, 0.6) is 0 Å². The monoisotopic (exact) mass is 198 g/mol. The van der Waals surface area contributed by atoms with E-state index in [1.54, 1.807) is 0 Å². The summed E-state index contributed by atoms with van der Waals surface area (Å²) >= 11 is 0. The van der Waals surface area contributed by atoms with Crippen molar-refractivity contribution in [3.05, 3.63) is 0 Å². The van der Waals surface area contributed by atoms with Gasteiger partial charge in [-0.05, 0) is 25.7 Å². The highest BCUT2D eigenvalue weighted by Crippen LogP contribution is 2.20. The summed E-state index contributed by atoms with van der Waals surface area (Å²) in [4.78, 5) is 13.9. The van der Waals surface area contributed by atoms with Gasteiger partial charge in [0, 0.05) is 12.6 Å². The molecule has 1 heterocycles. The Morgan fingerprint density at radius 1 is 1.57 bits per heavy atom. The average Bonchev–Trinajstić information content (AvgIpc) is 2.64. The van der Waals surface area contributed by atoms with Crippen LogP contribution in [0.25, 0.3) is 0 Å². The van der Waals surface area contributed by atoms with E-state index in [-0.39, 0.29) is 11.9 Å². The van der Waals surface area contributed by atoms with Crippen LogP contribution in [0.2, 0.25) is 0 Å². The van der Waals surface area contributed by atoms with Gasteiger partial charge in [0.15, 0.2) is 0 Å². The summed E-state index contributed by atoms with van der Waals surface area (Å²) in [6.45, 7) is 5.12. The molecule has 1 amide bonds. The summed E-state index contributed by atoms with van der Waals surface area (Å²) in [5.74, 6) is 0.163. The van der Waals surface area contributed by atoms with Gasteiger partial charge in [-0.2, -0.15) is 0 Å². The highest BCUT2D eigenvalue weighted by atomic mass is 16.2. The number of nitrogens with two attached hydrogens (primary N) is 1. The minimum atomic E-state index is -0.271. The van der Waals surface area contributed by atoms with Crippen molar-refractivity contribution in [3.63, 3.8) is 0 Å². The van der Waals surface area contributed by atoms with E-state index in [9.17, 15) is 4.79 Å². The molecule has 0 aliphatic carbocycles. The van der Waals surface area contributed by atoms with Crippen molar-refractivity contribution in [2.24, 2.45) is 5.73 Å². The van der Waals surface area contributed by atoms with Crippen molar-refractivity contribution in [2.75, 3.05) is 6.54 Å². The fraction of sp³-hybridized carbons (Fsp3) is 0.909. The van der Waals surface area contributed by atoms with Crippen molar-refractivity contribution in [3.8, 4) is 0 Å². The zero-order valence-electron chi connectivity index (χ0n) is 9.33. The van der Waals surface area contributed by atoms with Gasteiger partial charge in [-0.25, -0.2) is 0 Å². The number of carbonyl (C=O) groups is 1. The first-order valence-electron chi connectivity index (χ1n) is 5.76. The van der Waals surface area contributed by atoms with Gasteiger partial charge in [0.1, 0.15) is 0 Å². The maximum atomic E-state index is 11.9. The lowest BCUT2D eigenvalue weighted by molar-refractivity contribution is -0.133. The molecule has 82 valence electrons. The second-order valence-corrected chi connectivity index (χ2v) is 4.13. The Morgan fingerprint density at radius 2 is 2.29 bits per heavy atom. The normalized spacial score (nSPS) is 23.9. The zero-order chi connectivity index (χ0) is 10.6. The molecule has 1 aliphatic rings. The molecule has 0 saturated carbocycles. The molecule has 2 N–H and O–H groups in total. The SMILES string of the molecule is CCCC(N)C(=O)N1CCCC1CC. The number of nitrogens with zero attached hydrogens (tertiary/aromatic N) is 1. The van der Waals surface area contributed by atoms with Gasteiger partial charge in [-0.15, -0.1) is 0 Å². The minimum absolute atomic E-state index is 0.163. The molecule has 0 bridgehead atoms. The van der Waals surface area contributed by atoms with Crippen LogP contribution in [0.1, 0.15) is 46.0 Å². The van der Waals surface area contributed by atoms with Gasteiger partial charge in [0.2, 0.25) is 5.91 Å². The largest absolute Gasteiger partial charge is 0.338 e. The van der Waals surface area contributed by atoms with E-state index in [1.807, 2.05) is 4.90 Å². The van der Waals surface area contributed by atoms with E-state index in [1.165, 1.54) is 0 Å². The highest BCUT2D eigenvalue weighted by molar-refractivity contribution is 5.82. The Bertz CT molecular complexity index is 194. The molecule has 0 aromatic rings. The van der Waals surface area contributed by atoms with Gasteiger partial charge in [-0.3, -0.25) is 4.79 Å². The molecule has 1 rings (SSSR count). The Kier molecular flexibility index (Phi) is 4.39. The quantitative estimate of drug-likeness (QED) is 0.744. The lowest BCUT2D eigenvalue weighted by atomic mass is 10.1. The van der Waals surface area contributed by atoms with Crippen LogP contribution < -0.4 is 5.73 Å². The summed E-state index contributed by atoms with van der Waals surface area (Å²) in [5, 5.41) is 0. The maximum absolute atomic E-state index is 11.9. The number of hydrogen-bond acceptors (Lipinski definition) is 2. The number of rotatable bonds is 4. The molecule has 14 heavy (non-hydrogen) atoms. The van der Waals surface area contributed by atoms with Gasteiger partial charge in [-0.1, -0.05) is 20.3 Å². The van der Waals surface area contributed by atoms with E-state index < -0.39 is 0 Å². The van der Waals surface area contributed by atoms with Crippen LogP contribution >= 0.6 is 0 Å². The summed E-state index contributed by atoms with van der Waals surface area (Å²) < 4.78 is 0. The second-order valence-electron chi connectivity index (χ2n) is 4.13. The van der Waals surface area contributed by atoms with E-state index in [2.05, 4.69) is 13.8 Å². The first-order chi connectivity index (χ1) is 6.70. The molecule has 0 aromatic heterocycles. The number of hydrogen-bond donors (Lipinski definition) is 1. The molecule has 0 spiro atoms. The Balaban J connectivity index is 2.50. The Labute approximate surface area is 86.6 Å². The van der Waals surface area contributed by atoms with Crippen LogP contribution in [0.15, 0.2) is 0 Å². The van der Waals surface area contributed by atoms with Gasteiger partial charge >= 0.3 is 0 Å². The van der Waals surface area contributed by atoms with E-state index in [0.29, 0.717) is 6.04 Å². The summed E-state index contributed by atoms with van der Waals surface area (Å²) in [6, 6.07) is 0.178. The van der Waals surface area contributed by atoms with Crippen molar-refractivity contribution in [1.82, 2.24) is 4.90 Å². The lowest BCUT2D eigenvalue weighted by Crippen LogP contribution is -2.45. The Hall–Kier alpha value is -0.570. The van der Waals surface area contributed by atoms with Crippen molar-refractivity contribution in [2.45, 2.75) is 58.0 Å². The third-order valence-electron chi connectivity index (χ3n) is 3.05. The fourth-order valence-electron chi connectivity index (χ4n) is 2.20. The standard InChI is InChI=1S/C11H22N2O/c1-3-6-10(12)11(14)13-8-5-7-9(13)4-2/h9-10H,3-8,12H2,1-2H3. The van der Waals surface area contributed by atoms with Crippen molar-refractivity contribution >= 4 is 5.91 Å². The van der Waals surface area contributed by atoms with Crippen LogP contribution in [0.4, 0.5) is 0 Å². The first kappa shape index (κ1) is 11.5. The Morgan fingerprint density at radius 3 is 2.86 bits per heavy atom.